The molecule has 2 heterocycles. The second kappa shape index (κ2) is 7.19. The molecule has 0 radical (unpaired) electrons. The molecule has 0 aliphatic carbocycles. The molecule has 2 aliphatic rings. The molecule has 0 saturated heterocycles. The van der Waals surface area contributed by atoms with Crippen LogP contribution in [-0.2, 0) is 9.53 Å². The molecule has 0 bridgehead atoms. The van der Waals surface area contributed by atoms with Gasteiger partial charge in [-0.15, -0.1) is 16.8 Å². The number of hydrogen-bond acceptors (Lipinski definition) is 5. The molecule has 22 heavy (non-hydrogen) atoms. The molecular weight excluding hydrogens is 302 g/mol. The third kappa shape index (κ3) is 3.01. The third-order valence-electron chi connectivity index (χ3n) is 3.75. The Labute approximate surface area is 134 Å². The maximum atomic E-state index is 12.6. The summed E-state index contributed by atoms with van der Waals surface area (Å²) in [5, 5.41) is 0. The minimum Gasteiger partial charge on any atom is -0.381 e. The Hall–Kier alpha value is -1.47. The lowest BCUT2D eigenvalue weighted by Crippen LogP contribution is -2.52. The van der Waals surface area contributed by atoms with E-state index < -0.39 is 5.92 Å². The standard InChI is InChI=1S/C15H22N3O3S/c1-5-10-9-16-13-11(12(10)22-8-7-21-6-2)14(19)18(4)15(20)17(13)3/h9,11H,5-8H2,1-4H3/q+1. The minimum absolute atomic E-state index is 0.209. The predicted molar refractivity (Wildman–Crippen MR) is 87.6 cm³/mol. The number of carbonyl (C=O) groups excluding carboxylic acids is 2. The first-order valence-corrected chi connectivity index (χ1v) is 8.41. The summed E-state index contributed by atoms with van der Waals surface area (Å²) >= 11 is 1.62. The molecule has 0 fully saturated rings. The number of amides is 3. The summed E-state index contributed by atoms with van der Waals surface area (Å²) in [5.74, 6) is 0.613. The molecule has 2 rings (SSSR count). The van der Waals surface area contributed by atoms with Gasteiger partial charge in [-0.25, -0.2) is 4.79 Å². The van der Waals surface area contributed by atoms with Gasteiger partial charge in [-0.05, 0) is 18.9 Å². The summed E-state index contributed by atoms with van der Waals surface area (Å²) in [4.78, 5) is 31.1. The summed E-state index contributed by atoms with van der Waals surface area (Å²) in [5.41, 5.74) is 1.06. The number of imide groups is 1. The van der Waals surface area contributed by atoms with Crippen molar-refractivity contribution in [3.8, 4) is 0 Å². The highest BCUT2D eigenvalue weighted by molar-refractivity contribution is 8.03. The number of aliphatic imine (C=N–C) groups is 1. The van der Waals surface area contributed by atoms with Gasteiger partial charge in [0.05, 0.1) is 20.7 Å². The lowest BCUT2D eigenvalue weighted by atomic mass is 9.97. The Bertz CT molecular complexity index is 581. The van der Waals surface area contributed by atoms with Crippen LogP contribution in [0.5, 0.6) is 0 Å². The van der Waals surface area contributed by atoms with Crippen molar-refractivity contribution in [1.82, 2.24) is 4.90 Å². The summed E-state index contributed by atoms with van der Waals surface area (Å²) in [7, 11) is 3.18. The number of urea groups is 1. The Morgan fingerprint density at radius 2 is 2.14 bits per heavy atom. The molecule has 120 valence electrons. The number of rotatable bonds is 6. The molecular formula is C15H22N3O3S+. The molecule has 0 aromatic carbocycles. The van der Waals surface area contributed by atoms with Gasteiger partial charge in [-0.1, -0.05) is 6.92 Å². The monoisotopic (exact) mass is 324 g/mol. The van der Waals surface area contributed by atoms with E-state index in [0.29, 0.717) is 19.0 Å². The van der Waals surface area contributed by atoms with Crippen LogP contribution in [0.25, 0.3) is 0 Å². The van der Waals surface area contributed by atoms with Gasteiger partial charge < -0.3 is 4.74 Å². The predicted octanol–water partition coefficient (Wildman–Crippen LogP) is 1.75. The van der Waals surface area contributed by atoms with Gasteiger partial charge in [0.1, 0.15) is 6.21 Å². The Morgan fingerprint density at radius 1 is 1.41 bits per heavy atom. The fourth-order valence-electron chi connectivity index (χ4n) is 2.50. The van der Waals surface area contributed by atoms with Crippen molar-refractivity contribution >= 4 is 35.8 Å². The van der Waals surface area contributed by atoms with Crippen LogP contribution in [0.15, 0.2) is 15.5 Å². The number of nitrogens with zero attached hydrogens (tertiary/aromatic N) is 3. The van der Waals surface area contributed by atoms with Crippen molar-refractivity contribution in [2.75, 3.05) is 33.1 Å². The number of fused-ring (bicyclic) bond motifs is 1. The van der Waals surface area contributed by atoms with E-state index in [2.05, 4.69) is 4.99 Å². The number of carbonyl (C=O) groups is 2. The zero-order chi connectivity index (χ0) is 16.3. The van der Waals surface area contributed by atoms with Gasteiger partial charge in [0.25, 0.3) is 5.84 Å². The number of thioether (sulfide) groups is 1. The molecule has 0 N–H and O–H groups in total. The van der Waals surface area contributed by atoms with Gasteiger partial charge in [0.15, 0.2) is 5.92 Å². The Morgan fingerprint density at radius 3 is 2.77 bits per heavy atom. The maximum absolute atomic E-state index is 12.6. The average Bonchev–Trinajstić information content (AvgIpc) is 2.54. The summed E-state index contributed by atoms with van der Waals surface area (Å²) in [6, 6.07) is -0.341. The zero-order valence-corrected chi connectivity index (χ0v) is 14.3. The van der Waals surface area contributed by atoms with Crippen LogP contribution >= 0.6 is 11.8 Å². The van der Waals surface area contributed by atoms with Crippen molar-refractivity contribution < 1.29 is 18.9 Å². The molecule has 1 atom stereocenters. The quantitative estimate of drug-likeness (QED) is 0.552. The van der Waals surface area contributed by atoms with Crippen LogP contribution in [0.4, 0.5) is 4.79 Å². The van der Waals surface area contributed by atoms with Gasteiger partial charge in [0, 0.05) is 17.3 Å². The molecule has 7 heteroatoms. The van der Waals surface area contributed by atoms with E-state index in [1.807, 2.05) is 13.8 Å². The minimum atomic E-state index is -0.473. The average molecular weight is 324 g/mol. The van der Waals surface area contributed by atoms with E-state index in [4.69, 9.17) is 4.74 Å². The van der Waals surface area contributed by atoms with Crippen LogP contribution in [0.2, 0.25) is 0 Å². The van der Waals surface area contributed by atoms with Crippen LogP contribution in [0.3, 0.4) is 0 Å². The third-order valence-corrected chi connectivity index (χ3v) is 4.93. The highest BCUT2D eigenvalue weighted by Crippen LogP contribution is 2.35. The molecule has 2 aliphatic heterocycles. The van der Waals surface area contributed by atoms with Crippen LogP contribution in [-0.4, -0.2) is 66.5 Å². The van der Waals surface area contributed by atoms with Crippen LogP contribution in [0, 0.1) is 5.92 Å². The van der Waals surface area contributed by atoms with Gasteiger partial charge >= 0.3 is 11.9 Å². The largest absolute Gasteiger partial charge is 0.445 e. The molecule has 0 aromatic heterocycles. The fraction of sp³-hybridized carbons (Fsp3) is 0.600. The maximum Gasteiger partial charge on any atom is 0.445 e. The van der Waals surface area contributed by atoms with Gasteiger partial charge in [0.2, 0.25) is 0 Å². The second-order valence-electron chi connectivity index (χ2n) is 5.08. The topological polar surface area (TPSA) is 62.0 Å². The number of hydrogen-bond donors (Lipinski definition) is 0. The van der Waals surface area contributed by atoms with Gasteiger partial charge in [-0.3, -0.25) is 4.79 Å². The first-order valence-electron chi connectivity index (χ1n) is 7.42. The summed E-state index contributed by atoms with van der Waals surface area (Å²) in [6.07, 6.45) is 2.58. The molecule has 0 aromatic rings. The fourth-order valence-corrected chi connectivity index (χ4v) is 3.67. The second-order valence-corrected chi connectivity index (χ2v) is 6.21. The zero-order valence-electron chi connectivity index (χ0n) is 13.5. The SMILES string of the molecule is CCOCCSC1=C(CC)C=NC2=[N+](C)C(=O)N(C)C(=O)C12. The molecule has 3 amide bonds. The number of amidine groups is 1. The van der Waals surface area contributed by atoms with E-state index in [0.717, 1.165) is 22.7 Å². The Balaban J connectivity index is 2.35. The Kier molecular flexibility index (Phi) is 5.52. The first-order chi connectivity index (χ1) is 10.5. The highest BCUT2D eigenvalue weighted by Gasteiger charge is 2.47. The van der Waals surface area contributed by atoms with Gasteiger partial charge in [-0.2, -0.15) is 9.48 Å². The van der Waals surface area contributed by atoms with E-state index in [1.165, 1.54) is 16.5 Å². The molecule has 1 unspecified atom stereocenters. The molecule has 0 saturated carbocycles. The lowest BCUT2D eigenvalue weighted by molar-refractivity contribution is -0.407. The lowest BCUT2D eigenvalue weighted by Gasteiger charge is -2.28. The molecule has 0 spiro atoms. The number of allylic oxidation sites excluding steroid dienone is 1. The molecule has 6 nitrogen and oxygen atoms in total. The number of dihydropyridines is 1. The van der Waals surface area contributed by atoms with E-state index >= 15 is 0 Å². The van der Waals surface area contributed by atoms with Crippen LogP contribution < -0.4 is 0 Å². The van der Waals surface area contributed by atoms with E-state index in [1.54, 1.807) is 25.0 Å². The normalized spacial score (nSPS) is 21.8. The van der Waals surface area contributed by atoms with Crippen molar-refractivity contribution in [2.24, 2.45) is 10.9 Å². The number of ether oxygens (including phenoxy) is 1. The smallest absolute Gasteiger partial charge is 0.381 e. The first kappa shape index (κ1) is 16.9. The van der Waals surface area contributed by atoms with Crippen LogP contribution in [0.1, 0.15) is 20.3 Å². The van der Waals surface area contributed by atoms with Crippen molar-refractivity contribution in [3.05, 3.63) is 10.5 Å². The highest BCUT2D eigenvalue weighted by atomic mass is 32.2. The van der Waals surface area contributed by atoms with Crippen molar-refractivity contribution in [1.29, 1.82) is 0 Å². The van der Waals surface area contributed by atoms with Crippen molar-refractivity contribution in [3.63, 3.8) is 0 Å². The van der Waals surface area contributed by atoms with E-state index in [9.17, 15) is 9.59 Å². The summed E-state index contributed by atoms with van der Waals surface area (Å²) in [6.45, 7) is 5.32. The van der Waals surface area contributed by atoms with Crippen molar-refractivity contribution in [2.45, 2.75) is 20.3 Å². The summed E-state index contributed by atoms with van der Waals surface area (Å²) < 4.78 is 6.83. The van der Waals surface area contributed by atoms with E-state index in [-0.39, 0.29) is 11.9 Å².